The van der Waals surface area contributed by atoms with Crippen molar-refractivity contribution < 1.29 is 9.72 Å². The average molecular weight is 237 g/mol. The minimum atomic E-state index is -0.508. The summed E-state index contributed by atoms with van der Waals surface area (Å²) in [6.07, 6.45) is 0. The summed E-state index contributed by atoms with van der Waals surface area (Å²) in [6, 6.07) is 4.27. The number of nitro groups is 1. The van der Waals surface area contributed by atoms with E-state index in [4.69, 9.17) is 0 Å². The van der Waals surface area contributed by atoms with Crippen molar-refractivity contribution in [3.8, 4) is 0 Å². The first kappa shape index (κ1) is 13.0. The van der Waals surface area contributed by atoms with Crippen molar-refractivity contribution in [2.75, 3.05) is 33.1 Å². The smallest absolute Gasteiger partial charge is 0.270 e. The molecule has 1 rings (SSSR count). The van der Waals surface area contributed by atoms with E-state index in [0.717, 1.165) is 0 Å². The van der Waals surface area contributed by atoms with Crippen LogP contribution in [0.3, 0.4) is 0 Å². The van der Waals surface area contributed by atoms with Gasteiger partial charge in [-0.3, -0.25) is 14.9 Å². The summed E-state index contributed by atoms with van der Waals surface area (Å²) in [5, 5.41) is 10.7. The van der Waals surface area contributed by atoms with Gasteiger partial charge in [0.15, 0.2) is 0 Å². The lowest BCUT2D eigenvalue weighted by Gasteiger charge is -2.19. The maximum absolute atomic E-state index is 11.9. The van der Waals surface area contributed by atoms with Gasteiger partial charge in [0.1, 0.15) is 0 Å². The summed E-state index contributed by atoms with van der Waals surface area (Å²) in [5.41, 5.74) is 0.907. The molecule has 0 saturated carbocycles. The molecule has 1 amide bonds. The van der Waals surface area contributed by atoms with Gasteiger partial charge in [-0.15, -0.1) is 0 Å². The molecule has 0 radical (unpaired) electrons. The van der Waals surface area contributed by atoms with Crippen molar-refractivity contribution in [1.29, 1.82) is 0 Å². The van der Waals surface area contributed by atoms with Crippen molar-refractivity contribution in [3.63, 3.8) is 0 Å². The standard InChI is InChI=1S/C11H15N3O3/c1-12(2)10-6-5-8(14(16)17)7-9(10)11(15)13(3)4/h5-7H,1-4H3. The van der Waals surface area contributed by atoms with Gasteiger partial charge in [0, 0.05) is 46.0 Å². The fourth-order valence-corrected chi connectivity index (χ4v) is 1.44. The maximum Gasteiger partial charge on any atom is 0.270 e. The van der Waals surface area contributed by atoms with Crippen LogP contribution >= 0.6 is 0 Å². The van der Waals surface area contributed by atoms with Crippen LogP contribution in [-0.4, -0.2) is 43.9 Å². The molecule has 6 heteroatoms. The van der Waals surface area contributed by atoms with Crippen LogP contribution in [0.25, 0.3) is 0 Å². The number of benzene rings is 1. The molecule has 0 aliphatic heterocycles. The van der Waals surface area contributed by atoms with Gasteiger partial charge in [0.05, 0.1) is 10.5 Å². The van der Waals surface area contributed by atoms with Crippen molar-refractivity contribution in [1.82, 2.24) is 4.90 Å². The molecule has 0 aliphatic carbocycles. The molecule has 0 aromatic heterocycles. The number of rotatable bonds is 3. The second-order valence-corrected chi connectivity index (χ2v) is 4.05. The Balaban J connectivity index is 3.35. The van der Waals surface area contributed by atoms with Crippen LogP contribution in [0, 0.1) is 10.1 Å². The van der Waals surface area contributed by atoms with Gasteiger partial charge < -0.3 is 9.80 Å². The van der Waals surface area contributed by atoms with Gasteiger partial charge in [-0.05, 0) is 6.07 Å². The Bertz CT molecular complexity index is 455. The third-order valence-electron chi connectivity index (χ3n) is 2.31. The van der Waals surface area contributed by atoms with Crippen LogP contribution in [0.2, 0.25) is 0 Å². The fourth-order valence-electron chi connectivity index (χ4n) is 1.44. The van der Waals surface area contributed by atoms with Crippen molar-refractivity contribution >= 4 is 17.3 Å². The molecule has 0 unspecified atom stereocenters. The first-order chi connectivity index (χ1) is 7.84. The molecule has 0 spiro atoms. The Kier molecular flexibility index (Phi) is 3.67. The zero-order valence-electron chi connectivity index (χ0n) is 10.3. The van der Waals surface area contributed by atoms with Crippen LogP contribution < -0.4 is 4.90 Å². The molecule has 0 saturated heterocycles. The van der Waals surface area contributed by atoms with Crippen LogP contribution in [0.15, 0.2) is 18.2 Å². The number of nitrogens with zero attached hydrogens (tertiary/aromatic N) is 3. The predicted molar refractivity (Wildman–Crippen MR) is 65.4 cm³/mol. The Labute approximate surface area is 99.6 Å². The molecule has 0 fully saturated rings. The maximum atomic E-state index is 11.9. The van der Waals surface area contributed by atoms with E-state index >= 15 is 0 Å². The molecule has 0 heterocycles. The quantitative estimate of drug-likeness (QED) is 0.588. The lowest BCUT2D eigenvalue weighted by Crippen LogP contribution is -2.24. The lowest BCUT2D eigenvalue weighted by molar-refractivity contribution is -0.384. The molecule has 1 aromatic carbocycles. The van der Waals surface area contributed by atoms with Gasteiger partial charge in [0.2, 0.25) is 0 Å². The summed E-state index contributed by atoms with van der Waals surface area (Å²) >= 11 is 0. The summed E-state index contributed by atoms with van der Waals surface area (Å²) in [6.45, 7) is 0. The first-order valence-corrected chi connectivity index (χ1v) is 5.02. The van der Waals surface area contributed by atoms with E-state index in [2.05, 4.69) is 0 Å². The van der Waals surface area contributed by atoms with E-state index in [-0.39, 0.29) is 11.6 Å². The highest BCUT2D eigenvalue weighted by Crippen LogP contribution is 2.24. The third-order valence-corrected chi connectivity index (χ3v) is 2.31. The number of carbonyl (C=O) groups excluding carboxylic acids is 1. The zero-order chi connectivity index (χ0) is 13.2. The number of carbonyl (C=O) groups is 1. The van der Waals surface area contributed by atoms with E-state index in [1.54, 1.807) is 39.2 Å². The highest BCUT2D eigenvalue weighted by molar-refractivity contribution is 6.00. The number of hydrogen-bond acceptors (Lipinski definition) is 4. The zero-order valence-corrected chi connectivity index (χ0v) is 10.3. The normalized spacial score (nSPS) is 9.88. The second kappa shape index (κ2) is 4.82. The molecule has 0 aliphatic rings. The van der Waals surface area contributed by atoms with Gasteiger partial charge in [-0.2, -0.15) is 0 Å². The summed E-state index contributed by atoms with van der Waals surface area (Å²) in [5.74, 6) is -0.252. The Morgan fingerprint density at radius 1 is 1.24 bits per heavy atom. The molecule has 92 valence electrons. The molecule has 0 bridgehead atoms. The van der Waals surface area contributed by atoms with E-state index in [9.17, 15) is 14.9 Å². The van der Waals surface area contributed by atoms with Crippen molar-refractivity contribution in [2.24, 2.45) is 0 Å². The second-order valence-electron chi connectivity index (χ2n) is 4.05. The highest BCUT2D eigenvalue weighted by atomic mass is 16.6. The summed E-state index contributed by atoms with van der Waals surface area (Å²) in [4.78, 5) is 25.3. The molecule has 1 aromatic rings. The van der Waals surface area contributed by atoms with Crippen molar-refractivity contribution in [2.45, 2.75) is 0 Å². The molecular formula is C11H15N3O3. The molecule has 0 atom stereocenters. The Morgan fingerprint density at radius 2 is 1.82 bits per heavy atom. The largest absolute Gasteiger partial charge is 0.377 e. The Hall–Kier alpha value is -2.11. The topological polar surface area (TPSA) is 66.7 Å². The summed E-state index contributed by atoms with van der Waals surface area (Å²) < 4.78 is 0. The minimum Gasteiger partial charge on any atom is -0.377 e. The van der Waals surface area contributed by atoms with Crippen LogP contribution in [0.5, 0.6) is 0 Å². The first-order valence-electron chi connectivity index (χ1n) is 5.02. The number of non-ortho nitro benzene ring substituents is 1. The van der Waals surface area contributed by atoms with Gasteiger partial charge in [0.25, 0.3) is 11.6 Å². The number of hydrogen-bond donors (Lipinski definition) is 0. The number of amides is 1. The molecule has 6 nitrogen and oxygen atoms in total. The molecular weight excluding hydrogens is 222 g/mol. The monoisotopic (exact) mass is 237 g/mol. The third kappa shape index (κ3) is 2.72. The number of anilines is 1. The minimum absolute atomic E-state index is 0.0826. The van der Waals surface area contributed by atoms with Crippen molar-refractivity contribution in [3.05, 3.63) is 33.9 Å². The SMILES string of the molecule is CN(C)C(=O)c1cc([N+](=O)[O-])ccc1N(C)C. The lowest BCUT2D eigenvalue weighted by atomic mass is 10.1. The summed E-state index contributed by atoms with van der Waals surface area (Å²) in [7, 11) is 6.79. The van der Waals surface area contributed by atoms with E-state index < -0.39 is 4.92 Å². The Morgan fingerprint density at radius 3 is 2.24 bits per heavy atom. The fraction of sp³-hybridized carbons (Fsp3) is 0.364. The average Bonchev–Trinajstić information content (AvgIpc) is 2.26. The van der Waals surface area contributed by atoms with Gasteiger partial charge in [-0.25, -0.2) is 0 Å². The van der Waals surface area contributed by atoms with E-state index in [0.29, 0.717) is 11.3 Å². The predicted octanol–water partition coefficient (Wildman–Crippen LogP) is 1.36. The van der Waals surface area contributed by atoms with E-state index in [1.165, 1.54) is 17.0 Å². The highest BCUT2D eigenvalue weighted by Gasteiger charge is 2.18. The van der Waals surface area contributed by atoms with Crippen LogP contribution in [-0.2, 0) is 0 Å². The molecule has 17 heavy (non-hydrogen) atoms. The van der Waals surface area contributed by atoms with Gasteiger partial charge >= 0.3 is 0 Å². The van der Waals surface area contributed by atoms with Crippen LogP contribution in [0.4, 0.5) is 11.4 Å². The van der Waals surface area contributed by atoms with E-state index in [1.807, 2.05) is 0 Å². The molecule has 0 N–H and O–H groups in total. The van der Waals surface area contributed by atoms with Crippen LogP contribution in [0.1, 0.15) is 10.4 Å². The number of nitro benzene ring substituents is 1. The van der Waals surface area contributed by atoms with Gasteiger partial charge in [-0.1, -0.05) is 0 Å².